The molecule has 0 saturated heterocycles. The molecular weight excluding hydrogens is 114 g/mol. The van der Waals surface area contributed by atoms with E-state index in [1.165, 1.54) is 0 Å². The van der Waals surface area contributed by atoms with E-state index in [-0.39, 0.29) is 0 Å². The first-order chi connectivity index (χ1) is 4.20. The number of hydrogen-bond acceptors (Lipinski definition) is 2. The molecule has 0 amide bonds. The molecule has 0 saturated carbocycles. The Hall–Kier alpha value is -0.990. The molecule has 1 aromatic rings. The van der Waals surface area contributed by atoms with Gasteiger partial charge in [0, 0.05) is 13.8 Å². The standard InChI is InChI=1S/C6H10N3/c1-5-7-4-9(3)6(2)8-5/h4H,1-3H3/q+1. The van der Waals surface area contributed by atoms with Crippen molar-refractivity contribution in [3.05, 3.63) is 18.0 Å². The molecule has 9 heavy (non-hydrogen) atoms. The van der Waals surface area contributed by atoms with Crippen LogP contribution in [0.25, 0.3) is 0 Å². The maximum Gasteiger partial charge on any atom is 0.273 e. The van der Waals surface area contributed by atoms with Crippen molar-refractivity contribution in [1.82, 2.24) is 9.97 Å². The van der Waals surface area contributed by atoms with Crippen LogP contribution in [0.3, 0.4) is 0 Å². The first-order valence-electron chi connectivity index (χ1n) is 2.86. The first kappa shape index (κ1) is 6.13. The zero-order valence-electron chi connectivity index (χ0n) is 5.92. The van der Waals surface area contributed by atoms with Crippen molar-refractivity contribution < 1.29 is 4.57 Å². The van der Waals surface area contributed by atoms with Crippen LogP contribution >= 0.6 is 0 Å². The number of nitrogens with zero attached hydrogens (tertiary/aromatic N) is 3. The predicted molar refractivity (Wildman–Crippen MR) is 32.7 cm³/mol. The molecule has 0 N–H and O–H groups in total. The minimum atomic E-state index is 0.825. The maximum atomic E-state index is 4.12. The van der Waals surface area contributed by atoms with Crippen LogP contribution in [0.2, 0.25) is 0 Å². The van der Waals surface area contributed by atoms with Crippen LogP contribution < -0.4 is 4.57 Å². The van der Waals surface area contributed by atoms with Gasteiger partial charge in [0.25, 0.3) is 5.82 Å². The monoisotopic (exact) mass is 124 g/mol. The molecule has 0 aromatic carbocycles. The van der Waals surface area contributed by atoms with Crippen LogP contribution in [0.4, 0.5) is 0 Å². The lowest BCUT2D eigenvalue weighted by molar-refractivity contribution is -0.684. The van der Waals surface area contributed by atoms with Crippen LogP contribution in [-0.2, 0) is 7.05 Å². The van der Waals surface area contributed by atoms with Gasteiger partial charge in [-0.2, -0.15) is 0 Å². The molecule has 0 fully saturated rings. The van der Waals surface area contributed by atoms with E-state index in [2.05, 4.69) is 9.97 Å². The molecule has 0 spiro atoms. The predicted octanol–water partition coefficient (Wildman–Crippen LogP) is -0.0821. The van der Waals surface area contributed by atoms with Crippen LogP contribution in [0.1, 0.15) is 11.6 Å². The van der Waals surface area contributed by atoms with Gasteiger partial charge in [0.15, 0.2) is 0 Å². The molecule has 0 atom stereocenters. The second-order valence-corrected chi connectivity index (χ2v) is 2.06. The van der Waals surface area contributed by atoms with Crippen molar-refractivity contribution in [2.75, 3.05) is 0 Å². The highest BCUT2D eigenvalue weighted by atomic mass is 15.1. The summed E-state index contributed by atoms with van der Waals surface area (Å²) in [4.78, 5) is 8.12. The van der Waals surface area contributed by atoms with Crippen molar-refractivity contribution in [3.8, 4) is 0 Å². The molecule has 0 aliphatic carbocycles. The molecule has 0 radical (unpaired) electrons. The van der Waals surface area contributed by atoms with Gasteiger partial charge >= 0.3 is 0 Å². The van der Waals surface area contributed by atoms with Gasteiger partial charge in [0.05, 0.1) is 7.05 Å². The summed E-state index contributed by atoms with van der Waals surface area (Å²) < 4.78 is 1.88. The smallest absolute Gasteiger partial charge is 0.240 e. The zero-order chi connectivity index (χ0) is 6.85. The molecule has 1 heterocycles. The van der Waals surface area contributed by atoms with Gasteiger partial charge in [-0.1, -0.05) is 9.97 Å². The van der Waals surface area contributed by atoms with Crippen molar-refractivity contribution in [2.24, 2.45) is 7.05 Å². The van der Waals surface area contributed by atoms with Gasteiger partial charge in [-0.25, -0.2) is 4.57 Å². The van der Waals surface area contributed by atoms with E-state index < -0.39 is 0 Å². The SMILES string of the molecule is Cc1nc[n+](C)c(C)n1. The fraction of sp³-hybridized carbons (Fsp3) is 0.500. The summed E-state index contributed by atoms with van der Waals surface area (Å²) in [5, 5.41) is 0. The highest BCUT2D eigenvalue weighted by Crippen LogP contribution is 1.81. The third kappa shape index (κ3) is 1.22. The van der Waals surface area contributed by atoms with Crippen molar-refractivity contribution in [3.63, 3.8) is 0 Å². The van der Waals surface area contributed by atoms with Crippen molar-refractivity contribution in [1.29, 1.82) is 0 Å². The summed E-state index contributed by atoms with van der Waals surface area (Å²) in [5.74, 6) is 1.81. The number of rotatable bonds is 0. The maximum absolute atomic E-state index is 4.12. The Balaban J connectivity index is 3.17. The molecule has 0 aliphatic heterocycles. The second kappa shape index (κ2) is 2.09. The van der Waals surface area contributed by atoms with Gasteiger partial charge in [-0.15, -0.1) is 0 Å². The van der Waals surface area contributed by atoms with Crippen LogP contribution in [-0.4, -0.2) is 9.97 Å². The summed E-state index contributed by atoms with van der Waals surface area (Å²) in [7, 11) is 1.93. The Kier molecular flexibility index (Phi) is 1.42. The second-order valence-electron chi connectivity index (χ2n) is 2.06. The van der Waals surface area contributed by atoms with Crippen molar-refractivity contribution in [2.45, 2.75) is 13.8 Å². The van der Waals surface area contributed by atoms with E-state index in [0.29, 0.717) is 0 Å². The van der Waals surface area contributed by atoms with Gasteiger partial charge in [-0.3, -0.25) is 0 Å². The van der Waals surface area contributed by atoms with E-state index in [1.54, 1.807) is 6.33 Å². The summed E-state index contributed by atoms with van der Waals surface area (Å²) in [6, 6.07) is 0. The van der Waals surface area contributed by atoms with Crippen molar-refractivity contribution >= 4 is 0 Å². The molecule has 1 aromatic heterocycles. The van der Waals surface area contributed by atoms with Gasteiger partial charge < -0.3 is 0 Å². The normalized spacial score (nSPS) is 9.67. The average Bonchev–Trinajstić information content (AvgIpc) is 1.80. The summed E-state index contributed by atoms with van der Waals surface area (Å²) >= 11 is 0. The summed E-state index contributed by atoms with van der Waals surface area (Å²) in [6.45, 7) is 3.84. The number of hydrogen-bond donors (Lipinski definition) is 0. The lowest BCUT2D eigenvalue weighted by Crippen LogP contribution is -2.33. The number of aromatic nitrogens is 3. The van der Waals surface area contributed by atoms with E-state index in [4.69, 9.17) is 0 Å². The molecular formula is C6H10N3+. The van der Waals surface area contributed by atoms with Gasteiger partial charge in [0.2, 0.25) is 12.2 Å². The minimum absolute atomic E-state index is 0.825. The quantitative estimate of drug-likeness (QED) is 0.453. The largest absolute Gasteiger partial charge is 0.273 e. The molecule has 48 valence electrons. The first-order valence-corrected chi connectivity index (χ1v) is 2.86. The summed E-state index contributed by atoms with van der Waals surface area (Å²) in [6.07, 6.45) is 1.76. The lowest BCUT2D eigenvalue weighted by atomic mass is 10.6. The van der Waals surface area contributed by atoms with Crippen LogP contribution in [0, 0.1) is 13.8 Å². The highest BCUT2D eigenvalue weighted by molar-refractivity contribution is 4.77. The molecule has 3 nitrogen and oxygen atoms in total. The minimum Gasteiger partial charge on any atom is -0.240 e. The zero-order valence-corrected chi connectivity index (χ0v) is 5.92. The molecule has 0 aliphatic rings. The lowest BCUT2D eigenvalue weighted by Gasteiger charge is -1.89. The number of aryl methyl sites for hydroxylation is 3. The molecule has 0 unspecified atom stereocenters. The van der Waals surface area contributed by atoms with E-state index in [1.807, 2.05) is 25.5 Å². The molecule has 1 rings (SSSR count). The van der Waals surface area contributed by atoms with Crippen LogP contribution in [0.15, 0.2) is 6.33 Å². The highest BCUT2D eigenvalue weighted by Gasteiger charge is 2.00. The Morgan fingerprint density at radius 1 is 1.44 bits per heavy atom. The molecule has 3 heteroatoms. The third-order valence-corrected chi connectivity index (χ3v) is 1.25. The van der Waals surface area contributed by atoms with Crippen LogP contribution in [0.5, 0.6) is 0 Å². The fourth-order valence-corrected chi connectivity index (χ4v) is 0.596. The fourth-order valence-electron chi connectivity index (χ4n) is 0.596. The Labute approximate surface area is 54.4 Å². The topological polar surface area (TPSA) is 29.7 Å². The van der Waals surface area contributed by atoms with E-state index in [9.17, 15) is 0 Å². The Morgan fingerprint density at radius 3 is 2.56 bits per heavy atom. The molecule has 0 bridgehead atoms. The third-order valence-electron chi connectivity index (χ3n) is 1.25. The summed E-state index contributed by atoms with van der Waals surface area (Å²) in [5.41, 5.74) is 0. The Morgan fingerprint density at radius 2 is 2.11 bits per heavy atom. The Bertz CT molecular complexity index is 220. The van der Waals surface area contributed by atoms with Gasteiger partial charge in [0.1, 0.15) is 0 Å². The van der Waals surface area contributed by atoms with E-state index >= 15 is 0 Å². The van der Waals surface area contributed by atoms with Gasteiger partial charge in [-0.05, 0) is 0 Å². The van der Waals surface area contributed by atoms with E-state index in [0.717, 1.165) is 11.6 Å². The average molecular weight is 124 g/mol.